The molecular formula is C13H20N2O3S. The van der Waals surface area contributed by atoms with E-state index in [1.165, 1.54) is 4.31 Å². The van der Waals surface area contributed by atoms with Gasteiger partial charge < -0.3 is 4.74 Å². The smallest absolute Gasteiger partial charge is 0.279 e. The average Bonchev–Trinajstić information content (AvgIpc) is 2.46. The lowest BCUT2D eigenvalue weighted by Gasteiger charge is -2.25. The molecule has 0 unspecified atom stereocenters. The Hall–Kier alpha value is -1.11. The summed E-state index contributed by atoms with van der Waals surface area (Å²) in [5.74, 6) is 0.731. The first-order chi connectivity index (χ1) is 9.12. The van der Waals surface area contributed by atoms with Crippen LogP contribution in [0.5, 0.6) is 5.75 Å². The molecule has 0 atom stereocenters. The minimum Gasteiger partial charge on any atom is -0.497 e. The highest BCUT2D eigenvalue weighted by molar-refractivity contribution is 7.87. The SMILES string of the molecule is COc1cccc(CNS(=O)(=O)N2CCCCC2)c1. The fraction of sp³-hybridized carbons (Fsp3) is 0.538. The number of nitrogens with one attached hydrogen (secondary N) is 1. The summed E-state index contributed by atoms with van der Waals surface area (Å²) in [5.41, 5.74) is 0.889. The van der Waals surface area contributed by atoms with E-state index in [-0.39, 0.29) is 6.54 Å². The normalized spacial score (nSPS) is 17.3. The molecule has 0 bridgehead atoms. The van der Waals surface area contributed by atoms with E-state index in [4.69, 9.17) is 4.74 Å². The molecular weight excluding hydrogens is 264 g/mol. The molecule has 1 saturated heterocycles. The molecule has 1 heterocycles. The monoisotopic (exact) mass is 284 g/mol. The highest BCUT2D eigenvalue weighted by Crippen LogP contribution is 2.14. The van der Waals surface area contributed by atoms with Gasteiger partial charge in [0.2, 0.25) is 0 Å². The third-order valence-corrected chi connectivity index (χ3v) is 4.80. The fourth-order valence-corrected chi connectivity index (χ4v) is 3.42. The lowest BCUT2D eigenvalue weighted by molar-refractivity contribution is 0.341. The van der Waals surface area contributed by atoms with E-state index in [1.54, 1.807) is 7.11 Å². The van der Waals surface area contributed by atoms with Crippen LogP contribution in [0.4, 0.5) is 0 Å². The van der Waals surface area contributed by atoms with Crippen molar-refractivity contribution in [3.8, 4) is 5.75 Å². The molecule has 1 aromatic rings. The molecule has 0 aromatic heterocycles. The van der Waals surface area contributed by atoms with Gasteiger partial charge in [0.05, 0.1) is 7.11 Å². The quantitative estimate of drug-likeness (QED) is 0.891. The van der Waals surface area contributed by atoms with Gasteiger partial charge in [0.15, 0.2) is 0 Å². The van der Waals surface area contributed by atoms with Crippen molar-refractivity contribution in [1.82, 2.24) is 9.03 Å². The lowest BCUT2D eigenvalue weighted by atomic mass is 10.2. The van der Waals surface area contributed by atoms with E-state index >= 15 is 0 Å². The first kappa shape index (κ1) is 14.3. The molecule has 106 valence electrons. The molecule has 6 heteroatoms. The van der Waals surface area contributed by atoms with E-state index in [0.29, 0.717) is 13.1 Å². The maximum absolute atomic E-state index is 12.1. The van der Waals surface area contributed by atoms with E-state index in [9.17, 15) is 8.42 Å². The van der Waals surface area contributed by atoms with Crippen LogP contribution in [0.1, 0.15) is 24.8 Å². The third kappa shape index (κ3) is 3.92. The molecule has 0 radical (unpaired) electrons. The van der Waals surface area contributed by atoms with Crippen molar-refractivity contribution in [3.63, 3.8) is 0 Å². The van der Waals surface area contributed by atoms with Gasteiger partial charge in [0, 0.05) is 19.6 Å². The number of benzene rings is 1. The van der Waals surface area contributed by atoms with Crippen LogP contribution in [-0.2, 0) is 16.8 Å². The Morgan fingerprint density at radius 1 is 1.26 bits per heavy atom. The van der Waals surface area contributed by atoms with Crippen LogP contribution in [0.3, 0.4) is 0 Å². The van der Waals surface area contributed by atoms with E-state index in [1.807, 2.05) is 24.3 Å². The summed E-state index contributed by atoms with van der Waals surface area (Å²) in [4.78, 5) is 0. The first-order valence-electron chi connectivity index (χ1n) is 6.49. The van der Waals surface area contributed by atoms with Crippen LogP contribution in [0.15, 0.2) is 24.3 Å². The summed E-state index contributed by atoms with van der Waals surface area (Å²) in [6, 6.07) is 7.39. The Morgan fingerprint density at radius 2 is 2.00 bits per heavy atom. The van der Waals surface area contributed by atoms with Crippen LogP contribution >= 0.6 is 0 Å². The summed E-state index contributed by atoms with van der Waals surface area (Å²) in [5, 5.41) is 0. The highest BCUT2D eigenvalue weighted by Gasteiger charge is 2.23. The van der Waals surface area contributed by atoms with Crippen LogP contribution in [0.2, 0.25) is 0 Å². The summed E-state index contributed by atoms with van der Waals surface area (Å²) < 4.78 is 33.5. The van der Waals surface area contributed by atoms with Gasteiger partial charge in [0.25, 0.3) is 10.2 Å². The molecule has 5 nitrogen and oxygen atoms in total. The number of rotatable bonds is 5. The number of hydrogen-bond acceptors (Lipinski definition) is 3. The number of ether oxygens (including phenoxy) is 1. The molecule has 0 spiro atoms. The van der Waals surface area contributed by atoms with E-state index in [2.05, 4.69) is 4.72 Å². The third-order valence-electron chi connectivity index (χ3n) is 3.25. The van der Waals surface area contributed by atoms with E-state index < -0.39 is 10.2 Å². The largest absolute Gasteiger partial charge is 0.497 e. The van der Waals surface area contributed by atoms with Crippen molar-refractivity contribution in [2.45, 2.75) is 25.8 Å². The Kier molecular flexibility index (Phi) is 4.79. The van der Waals surface area contributed by atoms with Crippen LogP contribution in [0.25, 0.3) is 0 Å². The van der Waals surface area contributed by atoms with Crippen LogP contribution < -0.4 is 9.46 Å². The number of piperidine rings is 1. The molecule has 2 rings (SSSR count). The zero-order chi connectivity index (χ0) is 13.7. The molecule has 0 aliphatic carbocycles. The zero-order valence-corrected chi connectivity index (χ0v) is 11.9. The van der Waals surface area contributed by atoms with Crippen molar-refractivity contribution < 1.29 is 13.2 Å². The minimum absolute atomic E-state index is 0.288. The van der Waals surface area contributed by atoms with Gasteiger partial charge in [-0.2, -0.15) is 17.4 Å². The average molecular weight is 284 g/mol. The van der Waals surface area contributed by atoms with Crippen LogP contribution in [0, 0.1) is 0 Å². The Balaban J connectivity index is 1.96. The lowest BCUT2D eigenvalue weighted by Crippen LogP contribution is -2.43. The van der Waals surface area contributed by atoms with Crippen LogP contribution in [-0.4, -0.2) is 32.9 Å². The molecule has 1 aromatic carbocycles. The standard InChI is InChI=1S/C13H20N2O3S/c1-18-13-7-5-6-12(10-13)11-14-19(16,17)15-8-3-2-4-9-15/h5-7,10,14H,2-4,8-9,11H2,1H3. The predicted octanol–water partition coefficient (Wildman–Crippen LogP) is 1.52. The number of nitrogens with zero attached hydrogens (tertiary/aromatic N) is 1. The second kappa shape index (κ2) is 6.36. The van der Waals surface area contributed by atoms with Crippen molar-refractivity contribution in [1.29, 1.82) is 0 Å². The van der Waals surface area contributed by atoms with Gasteiger partial charge in [-0.25, -0.2) is 0 Å². The number of methoxy groups -OCH3 is 1. The summed E-state index contributed by atoms with van der Waals surface area (Å²) >= 11 is 0. The highest BCUT2D eigenvalue weighted by atomic mass is 32.2. The molecule has 1 N–H and O–H groups in total. The molecule has 0 saturated carbocycles. The molecule has 1 aliphatic heterocycles. The Bertz CT molecular complexity index is 510. The van der Waals surface area contributed by atoms with Gasteiger partial charge >= 0.3 is 0 Å². The second-order valence-electron chi connectivity index (χ2n) is 4.64. The van der Waals surface area contributed by atoms with Crippen molar-refractivity contribution in [2.75, 3.05) is 20.2 Å². The molecule has 19 heavy (non-hydrogen) atoms. The fourth-order valence-electron chi connectivity index (χ4n) is 2.15. The topological polar surface area (TPSA) is 58.6 Å². The van der Waals surface area contributed by atoms with Gasteiger partial charge in [0.1, 0.15) is 5.75 Å². The van der Waals surface area contributed by atoms with Gasteiger partial charge in [-0.05, 0) is 30.5 Å². The van der Waals surface area contributed by atoms with Gasteiger partial charge in [-0.1, -0.05) is 18.6 Å². The minimum atomic E-state index is -3.36. The number of hydrogen-bond donors (Lipinski definition) is 1. The second-order valence-corrected chi connectivity index (χ2v) is 6.39. The molecule has 0 amide bonds. The first-order valence-corrected chi connectivity index (χ1v) is 7.93. The maximum Gasteiger partial charge on any atom is 0.279 e. The van der Waals surface area contributed by atoms with Gasteiger partial charge in [-0.15, -0.1) is 0 Å². The van der Waals surface area contributed by atoms with Crippen molar-refractivity contribution >= 4 is 10.2 Å². The molecule has 1 aliphatic rings. The molecule has 1 fully saturated rings. The van der Waals surface area contributed by atoms with Gasteiger partial charge in [-0.3, -0.25) is 0 Å². The Morgan fingerprint density at radius 3 is 2.68 bits per heavy atom. The van der Waals surface area contributed by atoms with E-state index in [0.717, 1.165) is 30.6 Å². The van der Waals surface area contributed by atoms with Crippen molar-refractivity contribution in [3.05, 3.63) is 29.8 Å². The Labute approximate surface area is 114 Å². The zero-order valence-electron chi connectivity index (χ0n) is 11.1. The summed E-state index contributed by atoms with van der Waals surface area (Å²) in [7, 11) is -1.76. The summed E-state index contributed by atoms with van der Waals surface area (Å²) in [6.07, 6.45) is 3.00. The predicted molar refractivity (Wildman–Crippen MR) is 74.2 cm³/mol. The van der Waals surface area contributed by atoms with Crippen molar-refractivity contribution in [2.24, 2.45) is 0 Å². The summed E-state index contributed by atoms with van der Waals surface area (Å²) in [6.45, 7) is 1.52. The maximum atomic E-state index is 12.1.